The lowest BCUT2D eigenvalue weighted by molar-refractivity contribution is -0.170. The lowest BCUT2D eigenvalue weighted by Gasteiger charge is -2.38. The molecule has 0 atom stereocenters. The Morgan fingerprint density at radius 3 is 2.04 bits per heavy atom. The van der Waals surface area contributed by atoms with Crippen LogP contribution in [0.5, 0.6) is 11.5 Å². The first-order valence-electron chi connectivity index (χ1n) is 9.60. The molecular weight excluding hydrogens is 360 g/mol. The molecule has 0 unspecified atom stereocenters. The van der Waals surface area contributed by atoms with Crippen LogP contribution >= 0.6 is 0 Å². The van der Waals surface area contributed by atoms with Crippen molar-refractivity contribution in [1.29, 1.82) is 0 Å². The van der Waals surface area contributed by atoms with Crippen molar-refractivity contribution in [3.05, 3.63) is 35.6 Å². The average molecular weight is 386 g/mol. The van der Waals surface area contributed by atoms with Crippen molar-refractivity contribution in [2.24, 2.45) is 11.8 Å². The van der Waals surface area contributed by atoms with Gasteiger partial charge in [-0.25, -0.2) is 0 Å². The van der Waals surface area contributed by atoms with Gasteiger partial charge in [-0.3, -0.25) is 0 Å². The summed E-state index contributed by atoms with van der Waals surface area (Å²) in [4.78, 5) is 0. The Labute approximate surface area is 158 Å². The highest BCUT2D eigenvalue weighted by molar-refractivity contribution is 5.35. The van der Waals surface area contributed by atoms with Crippen molar-refractivity contribution in [3.63, 3.8) is 0 Å². The Morgan fingerprint density at radius 2 is 1.44 bits per heavy atom. The second-order valence-electron chi connectivity index (χ2n) is 7.73. The van der Waals surface area contributed by atoms with E-state index >= 15 is 0 Å². The van der Waals surface area contributed by atoms with Crippen LogP contribution in [0.3, 0.4) is 0 Å². The van der Waals surface area contributed by atoms with E-state index in [0.717, 1.165) is 30.9 Å². The van der Waals surface area contributed by atoms with Crippen LogP contribution in [-0.4, -0.2) is 13.2 Å². The molecule has 2 radical (unpaired) electrons. The van der Waals surface area contributed by atoms with Crippen LogP contribution in [0.2, 0.25) is 0 Å². The van der Waals surface area contributed by atoms with E-state index in [1.165, 1.54) is 25.9 Å². The lowest BCUT2D eigenvalue weighted by atomic mass is 9.69. The number of methoxy groups -OCH3 is 1. The van der Waals surface area contributed by atoms with Gasteiger partial charge in [-0.05, 0) is 68.4 Å². The summed E-state index contributed by atoms with van der Waals surface area (Å²) in [5.74, 6) is -1.33. The molecule has 1 aromatic rings. The first kappa shape index (κ1) is 20.3. The summed E-state index contributed by atoms with van der Waals surface area (Å²) in [6.07, 6.45) is 2.81. The number of hydrogen-bond donors (Lipinski definition) is 0. The average Bonchev–Trinajstić information content (AvgIpc) is 2.66. The molecular formula is C21H26F4O2. The molecule has 0 N–H and O–H groups in total. The minimum atomic E-state index is -3.61. The van der Waals surface area contributed by atoms with Gasteiger partial charge in [-0.2, -0.15) is 17.6 Å². The van der Waals surface area contributed by atoms with E-state index in [0.29, 0.717) is 18.8 Å². The molecule has 2 saturated carbocycles. The zero-order chi connectivity index (χ0) is 19.6. The maximum Gasteiger partial charge on any atom is 0.404 e. The van der Waals surface area contributed by atoms with E-state index in [1.807, 2.05) is 0 Å². The number of benzene rings is 1. The van der Waals surface area contributed by atoms with E-state index in [4.69, 9.17) is 0 Å². The van der Waals surface area contributed by atoms with Gasteiger partial charge in [-0.15, -0.1) is 0 Å². The van der Waals surface area contributed by atoms with Crippen LogP contribution in [0.25, 0.3) is 0 Å². The third-order valence-corrected chi connectivity index (χ3v) is 5.96. The monoisotopic (exact) mass is 386 g/mol. The molecule has 2 nitrogen and oxygen atoms in total. The number of alkyl halides is 2. The van der Waals surface area contributed by atoms with Crippen LogP contribution < -0.4 is 9.47 Å². The van der Waals surface area contributed by atoms with Crippen LogP contribution in [0.4, 0.5) is 17.6 Å². The standard InChI is InChI=1S/C21H26F4O2/c1-13-3-5-14(6-4-13)15-7-9-16(10-8-15)21(24,25)27-18-12-11-17(26-2)19(22)20(18)23/h11-13,15H,3-10H2,1-2H3. The normalized spacial score (nSPS) is 21.4. The summed E-state index contributed by atoms with van der Waals surface area (Å²) < 4.78 is 66.0. The van der Waals surface area contributed by atoms with Crippen molar-refractivity contribution < 1.29 is 27.0 Å². The van der Waals surface area contributed by atoms with Gasteiger partial charge in [0, 0.05) is 0 Å². The van der Waals surface area contributed by atoms with Crippen LogP contribution in [0, 0.1) is 35.3 Å². The lowest BCUT2D eigenvalue weighted by Crippen LogP contribution is -2.37. The first-order valence-corrected chi connectivity index (χ1v) is 9.60. The molecule has 2 aliphatic carbocycles. The minimum absolute atomic E-state index is 0.0425. The van der Waals surface area contributed by atoms with E-state index in [-0.39, 0.29) is 24.5 Å². The van der Waals surface area contributed by atoms with Crippen LogP contribution in [-0.2, 0) is 0 Å². The molecule has 27 heavy (non-hydrogen) atoms. The van der Waals surface area contributed by atoms with Gasteiger partial charge in [-0.1, -0.05) is 19.8 Å². The summed E-state index contributed by atoms with van der Waals surface area (Å²) in [7, 11) is 1.17. The second kappa shape index (κ2) is 8.27. The van der Waals surface area contributed by atoms with Crippen LogP contribution in [0.15, 0.2) is 12.1 Å². The van der Waals surface area contributed by atoms with Crippen molar-refractivity contribution in [1.82, 2.24) is 0 Å². The molecule has 6 heteroatoms. The van der Waals surface area contributed by atoms with Gasteiger partial charge in [0.15, 0.2) is 11.5 Å². The molecule has 0 bridgehead atoms. The number of hydrogen-bond acceptors (Lipinski definition) is 2. The van der Waals surface area contributed by atoms with Crippen molar-refractivity contribution in [2.75, 3.05) is 7.11 Å². The fraction of sp³-hybridized carbons (Fsp3) is 0.619. The molecule has 2 aliphatic rings. The number of rotatable bonds is 5. The highest BCUT2D eigenvalue weighted by Gasteiger charge is 2.46. The van der Waals surface area contributed by atoms with E-state index in [2.05, 4.69) is 16.4 Å². The fourth-order valence-corrected chi connectivity index (χ4v) is 4.17. The predicted molar refractivity (Wildman–Crippen MR) is 94.6 cm³/mol. The van der Waals surface area contributed by atoms with Gasteiger partial charge >= 0.3 is 6.11 Å². The maximum absolute atomic E-state index is 14.5. The number of halogens is 4. The largest absolute Gasteiger partial charge is 0.494 e. The Kier molecular flexibility index (Phi) is 6.21. The minimum Gasteiger partial charge on any atom is -0.494 e. The fourth-order valence-electron chi connectivity index (χ4n) is 4.17. The van der Waals surface area contributed by atoms with Gasteiger partial charge < -0.3 is 9.47 Å². The zero-order valence-electron chi connectivity index (χ0n) is 15.8. The highest BCUT2D eigenvalue weighted by Crippen LogP contribution is 2.47. The molecule has 0 saturated heterocycles. The van der Waals surface area contributed by atoms with Gasteiger partial charge in [0.1, 0.15) is 0 Å². The zero-order valence-corrected chi connectivity index (χ0v) is 15.8. The van der Waals surface area contributed by atoms with E-state index in [1.54, 1.807) is 0 Å². The quantitative estimate of drug-likeness (QED) is 0.538. The predicted octanol–water partition coefficient (Wildman–Crippen LogP) is 6.49. The third kappa shape index (κ3) is 4.52. The molecule has 3 rings (SSSR count). The molecule has 0 aromatic heterocycles. The molecule has 2 fully saturated rings. The highest BCUT2D eigenvalue weighted by atomic mass is 19.3. The number of ether oxygens (including phenoxy) is 2. The molecule has 0 spiro atoms. The smallest absolute Gasteiger partial charge is 0.404 e. The van der Waals surface area contributed by atoms with Crippen molar-refractivity contribution >= 4 is 0 Å². The SMILES string of the molecule is COc1ccc(OC(F)(F)[C]2CCC([C]3CCC(C)CC3)CC2)c(F)c1F. The van der Waals surface area contributed by atoms with E-state index in [9.17, 15) is 17.6 Å². The molecule has 0 amide bonds. The van der Waals surface area contributed by atoms with Crippen molar-refractivity contribution in [2.45, 2.75) is 64.4 Å². The van der Waals surface area contributed by atoms with Gasteiger partial charge in [0.2, 0.25) is 11.6 Å². The summed E-state index contributed by atoms with van der Waals surface area (Å²) in [5.41, 5.74) is 0. The first-order chi connectivity index (χ1) is 12.8. The molecule has 0 heterocycles. The van der Waals surface area contributed by atoms with E-state index < -0.39 is 23.5 Å². The topological polar surface area (TPSA) is 18.5 Å². The Morgan fingerprint density at radius 1 is 0.889 bits per heavy atom. The Hall–Kier alpha value is -1.46. The maximum atomic E-state index is 14.5. The summed E-state index contributed by atoms with van der Waals surface area (Å²) in [5, 5.41) is 0. The Balaban J connectivity index is 1.59. The molecule has 0 aliphatic heterocycles. The third-order valence-electron chi connectivity index (χ3n) is 5.96. The second-order valence-corrected chi connectivity index (χ2v) is 7.73. The summed E-state index contributed by atoms with van der Waals surface area (Å²) in [6, 6.07) is 2.04. The van der Waals surface area contributed by atoms with Gasteiger partial charge in [0.25, 0.3) is 0 Å². The molecule has 1 aromatic carbocycles. The van der Waals surface area contributed by atoms with Crippen molar-refractivity contribution in [3.8, 4) is 11.5 Å². The Bertz CT molecular complexity index is 633. The summed E-state index contributed by atoms with van der Waals surface area (Å²) in [6.45, 7) is 2.25. The molecule has 150 valence electrons. The van der Waals surface area contributed by atoms with Crippen LogP contribution in [0.1, 0.15) is 58.3 Å². The van der Waals surface area contributed by atoms with Gasteiger partial charge in [0.05, 0.1) is 13.0 Å². The summed E-state index contributed by atoms with van der Waals surface area (Å²) >= 11 is 0.